The largest absolute Gasteiger partial charge is 0.486 e. The Balaban J connectivity index is 1.25. The monoisotopic (exact) mass is 394 g/mol. The molecule has 7 heteroatoms. The molecule has 2 aromatic rings. The SMILES string of the molecule is CN(C[C@@H]1COc2ccccc2O1)C(=O)CCCN1C(=O)c2ccccc2C1=O. The van der Waals surface area contributed by atoms with Gasteiger partial charge in [-0.3, -0.25) is 19.3 Å². The van der Waals surface area contributed by atoms with Crippen LogP contribution in [0.3, 0.4) is 0 Å². The number of carbonyl (C=O) groups is 3. The molecular formula is C22H22N2O5. The van der Waals surface area contributed by atoms with Crippen molar-refractivity contribution in [2.24, 2.45) is 0 Å². The third-order valence-electron chi connectivity index (χ3n) is 5.12. The number of rotatable bonds is 6. The summed E-state index contributed by atoms with van der Waals surface area (Å²) in [5.74, 6) is 0.730. The predicted octanol–water partition coefficient (Wildman–Crippen LogP) is 2.36. The van der Waals surface area contributed by atoms with Crippen molar-refractivity contribution < 1.29 is 23.9 Å². The van der Waals surface area contributed by atoms with Gasteiger partial charge >= 0.3 is 0 Å². The van der Waals surface area contributed by atoms with Crippen molar-refractivity contribution in [3.05, 3.63) is 59.7 Å². The van der Waals surface area contributed by atoms with E-state index in [2.05, 4.69) is 0 Å². The Kier molecular flexibility index (Phi) is 5.20. The second-order valence-corrected chi connectivity index (χ2v) is 7.18. The minimum absolute atomic E-state index is 0.0657. The Hall–Kier alpha value is -3.35. The van der Waals surface area contributed by atoms with Crippen LogP contribution >= 0.6 is 0 Å². The molecule has 7 nitrogen and oxygen atoms in total. The highest BCUT2D eigenvalue weighted by molar-refractivity contribution is 6.21. The fourth-order valence-electron chi connectivity index (χ4n) is 3.58. The molecule has 2 heterocycles. The van der Waals surface area contributed by atoms with E-state index in [4.69, 9.17) is 9.47 Å². The van der Waals surface area contributed by atoms with Crippen LogP contribution in [0.4, 0.5) is 0 Å². The van der Waals surface area contributed by atoms with E-state index in [9.17, 15) is 14.4 Å². The molecule has 0 saturated carbocycles. The van der Waals surface area contributed by atoms with Crippen molar-refractivity contribution in [2.75, 3.05) is 26.7 Å². The fraction of sp³-hybridized carbons (Fsp3) is 0.318. The second kappa shape index (κ2) is 7.95. The summed E-state index contributed by atoms with van der Waals surface area (Å²) >= 11 is 0. The number of imide groups is 1. The summed E-state index contributed by atoms with van der Waals surface area (Å²) < 4.78 is 11.6. The number of nitrogens with zero attached hydrogens (tertiary/aromatic N) is 2. The molecule has 0 spiro atoms. The van der Waals surface area contributed by atoms with Gasteiger partial charge in [0, 0.05) is 20.0 Å². The van der Waals surface area contributed by atoms with Gasteiger partial charge in [0.2, 0.25) is 5.91 Å². The Morgan fingerprint density at radius 1 is 1.03 bits per heavy atom. The molecule has 0 aromatic heterocycles. The first-order valence-electron chi connectivity index (χ1n) is 9.62. The summed E-state index contributed by atoms with van der Waals surface area (Å²) in [4.78, 5) is 40.0. The van der Waals surface area contributed by atoms with Crippen LogP contribution in [0, 0.1) is 0 Å². The van der Waals surface area contributed by atoms with Crippen LogP contribution in [0.5, 0.6) is 11.5 Å². The Morgan fingerprint density at radius 2 is 1.66 bits per heavy atom. The van der Waals surface area contributed by atoms with E-state index in [1.807, 2.05) is 24.3 Å². The molecule has 0 aliphatic carbocycles. The summed E-state index contributed by atoms with van der Waals surface area (Å²) in [6, 6.07) is 14.2. The molecule has 0 fully saturated rings. The Morgan fingerprint density at radius 3 is 2.34 bits per heavy atom. The highest BCUT2D eigenvalue weighted by Crippen LogP contribution is 2.31. The maximum Gasteiger partial charge on any atom is 0.261 e. The normalized spacial score (nSPS) is 17.3. The zero-order valence-corrected chi connectivity index (χ0v) is 16.2. The molecule has 0 radical (unpaired) electrons. The highest BCUT2D eigenvalue weighted by atomic mass is 16.6. The van der Waals surface area contributed by atoms with E-state index < -0.39 is 0 Å². The lowest BCUT2D eigenvalue weighted by atomic mass is 10.1. The lowest BCUT2D eigenvalue weighted by Crippen LogP contribution is -2.42. The number of fused-ring (bicyclic) bond motifs is 2. The van der Waals surface area contributed by atoms with Crippen LogP contribution in [0.15, 0.2) is 48.5 Å². The standard InChI is InChI=1S/C22H22N2O5/c1-23(13-15-14-28-18-9-4-5-10-19(18)29-15)20(25)11-6-12-24-21(26)16-7-2-3-8-17(16)22(24)27/h2-5,7-10,15H,6,11-14H2,1H3/t15-/m1/s1. The maximum atomic E-state index is 12.5. The van der Waals surface area contributed by atoms with Crippen molar-refractivity contribution >= 4 is 17.7 Å². The molecule has 0 N–H and O–H groups in total. The van der Waals surface area contributed by atoms with Gasteiger partial charge in [0.1, 0.15) is 6.61 Å². The highest BCUT2D eigenvalue weighted by Gasteiger charge is 2.34. The Bertz CT molecular complexity index is 923. The van der Waals surface area contributed by atoms with Gasteiger partial charge in [0.15, 0.2) is 17.6 Å². The third kappa shape index (κ3) is 3.81. The van der Waals surface area contributed by atoms with E-state index in [0.717, 1.165) is 0 Å². The van der Waals surface area contributed by atoms with E-state index in [0.29, 0.717) is 42.2 Å². The quantitative estimate of drug-likeness (QED) is 0.703. The van der Waals surface area contributed by atoms with Crippen LogP contribution < -0.4 is 9.47 Å². The van der Waals surface area contributed by atoms with E-state index in [1.54, 1.807) is 36.2 Å². The average Bonchev–Trinajstić information content (AvgIpc) is 2.98. The second-order valence-electron chi connectivity index (χ2n) is 7.18. The molecule has 2 aliphatic rings. The van der Waals surface area contributed by atoms with Gasteiger partial charge in [-0.25, -0.2) is 0 Å². The lowest BCUT2D eigenvalue weighted by Gasteiger charge is -2.29. The molecule has 0 saturated heterocycles. The van der Waals surface area contributed by atoms with Crippen LogP contribution in [-0.4, -0.2) is 60.4 Å². The van der Waals surface area contributed by atoms with Gasteiger partial charge in [0.25, 0.3) is 11.8 Å². The third-order valence-corrected chi connectivity index (χ3v) is 5.12. The van der Waals surface area contributed by atoms with Crippen molar-refractivity contribution in [1.82, 2.24) is 9.80 Å². The first kappa shape index (κ1) is 19.0. The van der Waals surface area contributed by atoms with Crippen LogP contribution in [0.1, 0.15) is 33.6 Å². The number of para-hydroxylation sites is 2. The van der Waals surface area contributed by atoms with Gasteiger partial charge in [-0.1, -0.05) is 24.3 Å². The van der Waals surface area contributed by atoms with Gasteiger partial charge in [-0.05, 0) is 30.7 Å². The van der Waals surface area contributed by atoms with Crippen LogP contribution in [0.2, 0.25) is 0 Å². The number of likely N-dealkylation sites (N-methyl/N-ethyl adjacent to an activating group) is 1. The molecule has 29 heavy (non-hydrogen) atoms. The summed E-state index contributed by atoms with van der Waals surface area (Å²) in [7, 11) is 1.72. The molecule has 0 unspecified atom stereocenters. The first-order valence-corrected chi connectivity index (χ1v) is 9.62. The van der Waals surface area contributed by atoms with E-state index in [-0.39, 0.29) is 36.8 Å². The average molecular weight is 394 g/mol. The molecule has 4 rings (SSSR count). The van der Waals surface area contributed by atoms with E-state index in [1.165, 1.54) is 4.90 Å². The summed E-state index contributed by atoms with van der Waals surface area (Å²) in [5.41, 5.74) is 0.853. The Labute approximate surface area is 168 Å². The smallest absolute Gasteiger partial charge is 0.261 e. The fourth-order valence-corrected chi connectivity index (χ4v) is 3.58. The molecule has 1 atom stereocenters. The van der Waals surface area contributed by atoms with Gasteiger partial charge < -0.3 is 14.4 Å². The minimum Gasteiger partial charge on any atom is -0.486 e. The van der Waals surface area contributed by atoms with Crippen LogP contribution in [0.25, 0.3) is 0 Å². The number of ether oxygens (including phenoxy) is 2. The number of benzene rings is 2. The van der Waals surface area contributed by atoms with E-state index >= 15 is 0 Å². The summed E-state index contributed by atoms with van der Waals surface area (Å²) in [5, 5.41) is 0. The van der Waals surface area contributed by atoms with Crippen molar-refractivity contribution in [3.8, 4) is 11.5 Å². The van der Waals surface area contributed by atoms with Gasteiger partial charge in [0.05, 0.1) is 17.7 Å². The minimum atomic E-state index is -0.294. The topological polar surface area (TPSA) is 76.2 Å². The van der Waals surface area contributed by atoms with Crippen LogP contribution in [-0.2, 0) is 4.79 Å². The molecule has 3 amide bonds. The maximum absolute atomic E-state index is 12.5. The summed E-state index contributed by atoms with van der Waals surface area (Å²) in [6.07, 6.45) is 0.420. The van der Waals surface area contributed by atoms with Crippen molar-refractivity contribution in [1.29, 1.82) is 0 Å². The van der Waals surface area contributed by atoms with Crippen molar-refractivity contribution in [3.63, 3.8) is 0 Å². The molecule has 2 aliphatic heterocycles. The molecule has 2 aromatic carbocycles. The summed E-state index contributed by atoms with van der Waals surface area (Å²) in [6.45, 7) is 1.01. The van der Waals surface area contributed by atoms with Gasteiger partial charge in [-0.2, -0.15) is 0 Å². The first-order chi connectivity index (χ1) is 14.0. The number of carbonyl (C=O) groups excluding carboxylic acids is 3. The predicted molar refractivity (Wildman–Crippen MR) is 105 cm³/mol. The molecule has 0 bridgehead atoms. The number of hydrogen-bond acceptors (Lipinski definition) is 5. The zero-order chi connectivity index (χ0) is 20.4. The molecular weight excluding hydrogens is 372 g/mol. The van der Waals surface area contributed by atoms with Gasteiger partial charge in [-0.15, -0.1) is 0 Å². The zero-order valence-electron chi connectivity index (χ0n) is 16.2. The molecule has 150 valence electrons. The number of amides is 3. The number of hydrogen-bond donors (Lipinski definition) is 0. The lowest BCUT2D eigenvalue weighted by molar-refractivity contribution is -0.131. The van der Waals surface area contributed by atoms with Crippen molar-refractivity contribution in [2.45, 2.75) is 18.9 Å².